The van der Waals surface area contributed by atoms with Crippen LogP contribution in [0.1, 0.15) is 42.5 Å². The van der Waals surface area contributed by atoms with Gasteiger partial charge in [-0.15, -0.1) is 0 Å². The Kier molecular flexibility index (Phi) is 3.47. The monoisotopic (exact) mass is 272 g/mol. The molecule has 1 fully saturated rings. The number of benzene rings is 1. The van der Waals surface area contributed by atoms with Crippen molar-refractivity contribution in [1.29, 1.82) is 0 Å². The Balaban J connectivity index is 1.98. The molecule has 0 bridgehead atoms. The maximum Gasteiger partial charge on any atom is 0.256 e. The van der Waals surface area contributed by atoms with E-state index in [1.54, 1.807) is 16.8 Å². The summed E-state index contributed by atoms with van der Waals surface area (Å²) in [5.41, 5.74) is 1.37. The fraction of sp³-hybridized carbons (Fsp3) is 0.500. The minimum Gasteiger partial charge on any atom is -0.326 e. The Hall–Kier alpha value is -1.84. The van der Waals surface area contributed by atoms with Crippen molar-refractivity contribution in [2.45, 2.75) is 38.1 Å². The zero-order valence-electron chi connectivity index (χ0n) is 11.8. The fourth-order valence-corrected chi connectivity index (χ4v) is 3.25. The quantitative estimate of drug-likeness (QED) is 0.788. The molecule has 4 heteroatoms. The van der Waals surface area contributed by atoms with Crippen LogP contribution in [0.15, 0.2) is 24.3 Å². The lowest BCUT2D eigenvalue weighted by Gasteiger charge is -2.33. The van der Waals surface area contributed by atoms with Crippen molar-refractivity contribution < 1.29 is 9.59 Å². The van der Waals surface area contributed by atoms with E-state index in [9.17, 15) is 9.59 Å². The van der Waals surface area contributed by atoms with E-state index in [-0.39, 0.29) is 24.4 Å². The lowest BCUT2D eigenvalue weighted by molar-refractivity contribution is -0.119. The first kappa shape index (κ1) is 13.2. The molecule has 2 amide bonds. The molecule has 0 unspecified atom stereocenters. The molecule has 1 aromatic rings. The van der Waals surface area contributed by atoms with Gasteiger partial charge in [0.05, 0.1) is 11.3 Å². The van der Waals surface area contributed by atoms with Crippen LogP contribution in [-0.4, -0.2) is 36.3 Å². The summed E-state index contributed by atoms with van der Waals surface area (Å²) in [6.45, 7) is 0.203. The van der Waals surface area contributed by atoms with Gasteiger partial charge in [-0.05, 0) is 25.0 Å². The first-order chi connectivity index (χ1) is 9.68. The highest BCUT2D eigenvalue weighted by molar-refractivity contribution is 6.09. The number of carbonyl (C=O) groups excluding carboxylic acids is 2. The van der Waals surface area contributed by atoms with Gasteiger partial charge >= 0.3 is 0 Å². The van der Waals surface area contributed by atoms with Gasteiger partial charge in [0.25, 0.3) is 5.91 Å². The molecule has 0 atom stereocenters. The number of amides is 2. The van der Waals surface area contributed by atoms with E-state index in [1.165, 1.54) is 6.42 Å². The minimum absolute atomic E-state index is 0.00481. The van der Waals surface area contributed by atoms with Crippen LogP contribution in [0.25, 0.3) is 0 Å². The van der Waals surface area contributed by atoms with Gasteiger partial charge in [-0.3, -0.25) is 9.59 Å². The Bertz CT molecular complexity index is 535. The van der Waals surface area contributed by atoms with Crippen LogP contribution in [0.4, 0.5) is 5.69 Å². The van der Waals surface area contributed by atoms with Crippen LogP contribution in [0.3, 0.4) is 0 Å². The van der Waals surface area contributed by atoms with E-state index in [1.807, 2.05) is 24.3 Å². The van der Waals surface area contributed by atoms with E-state index < -0.39 is 0 Å². The summed E-state index contributed by atoms with van der Waals surface area (Å²) in [5.74, 6) is -0.000858. The third-order valence-corrected chi connectivity index (χ3v) is 4.45. The Morgan fingerprint density at radius 1 is 1.05 bits per heavy atom. The molecule has 106 valence electrons. The third kappa shape index (κ3) is 2.19. The van der Waals surface area contributed by atoms with Crippen molar-refractivity contribution in [2.75, 3.05) is 18.5 Å². The van der Waals surface area contributed by atoms with Crippen molar-refractivity contribution in [3.05, 3.63) is 29.8 Å². The Labute approximate surface area is 119 Å². The van der Waals surface area contributed by atoms with Gasteiger partial charge in [0, 0.05) is 13.1 Å². The van der Waals surface area contributed by atoms with E-state index in [4.69, 9.17) is 0 Å². The molecule has 0 saturated heterocycles. The molecule has 1 aliphatic heterocycles. The maximum absolute atomic E-state index is 12.8. The Morgan fingerprint density at radius 2 is 1.75 bits per heavy atom. The van der Waals surface area contributed by atoms with Gasteiger partial charge in [-0.25, -0.2) is 0 Å². The SMILES string of the molecule is CN1C(=O)CN(C2CCCCC2)C(=O)c2ccccc21. The molecule has 20 heavy (non-hydrogen) atoms. The second kappa shape index (κ2) is 5.27. The molecular weight excluding hydrogens is 252 g/mol. The number of nitrogens with zero attached hydrogens (tertiary/aromatic N) is 2. The molecule has 4 nitrogen and oxygen atoms in total. The molecule has 1 heterocycles. The second-order valence-electron chi connectivity index (χ2n) is 5.69. The number of rotatable bonds is 1. The first-order valence-electron chi connectivity index (χ1n) is 7.35. The lowest BCUT2D eigenvalue weighted by Crippen LogP contribution is -2.45. The number of para-hydroxylation sites is 1. The smallest absolute Gasteiger partial charge is 0.256 e. The van der Waals surface area contributed by atoms with Gasteiger partial charge in [0.2, 0.25) is 5.91 Å². The van der Waals surface area contributed by atoms with Gasteiger partial charge in [-0.1, -0.05) is 31.4 Å². The third-order valence-electron chi connectivity index (χ3n) is 4.45. The number of anilines is 1. The topological polar surface area (TPSA) is 40.6 Å². The number of hydrogen-bond acceptors (Lipinski definition) is 2. The van der Waals surface area contributed by atoms with Crippen molar-refractivity contribution in [2.24, 2.45) is 0 Å². The second-order valence-corrected chi connectivity index (χ2v) is 5.69. The van der Waals surface area contributed by atoms with Crippen molar-refractivity contribution in [1.82, 2.24) is 4.90 Å². The predicted molar refractivity (Wildman–Crippen MR) is 77.8 cm³/mol. The van der Waals surface area contributed by atoms with E-state index in [0.717, 1.165) is 31.4 Å². The highest BCUT2D eigenvalue weighted by Crippen LogP contribution is 2.29. The standard InChI is InChI=1S/C16H20N2O2/c1-17-14-10-6-5-9-13(14)16(20)18(11-15(17)19)12-7-3-2-4-8-12/h5-6,9-10,12H,2-4,7-8,11H2,1H3. The van der Waals surface area contributed by atoms with Crippen molar-refractivity contribution in [3.8, 4) is 0 Å². The predicted octanol–water partition coefficient (Wildman–Crippen LogP) is 2.44. The summed E-state index contributed by atoms with van der Waals surface area (Å²) in [6.07, 6.45) is 5.58. The molecule has 0 spiro atoms. The van der Waals surface area contributed by atoms with Crippen LogP contribution >= 0.6 is 0 Å². The van der Waals surface area contributed by atoms with Crippen molar-refractivity contribution in [3.63, 3.8) is 0 Å². The molecule has 2 aliphatic rings. The normalized spacial score (nSPS) is 20.9. The van der Waals surface area contributed by atoms with Gasteiger partial charge in [0.15, 0.2) is 0 Å². The molecule has 3 rings (SSSR count). The fourth-order valence-electron chi connectivity index (χ4n) is 3.25. The largest absolute Gasteiger partial charge is 0.326 e. The molecular formula is C16H20N2O2. The molecule has 1 aromatic carbocycles. The molecule has 0 aromatic heterocycles. The highest BCUT2D eigenvalue weighted by Gasteiger charge is 2.33. The summed E-state index contributed by atoms with van der Waals surface area (Å²) in [6, 6.07) is 7.61. The van der Waals surface area contributed by atoms with Crippen LogP contribution < -0.4 is 4.90 Å². The number of hydrogen-bond donors (Lipinski definition) is 0. The number of carbonyl (C=O) groups is 2. The maximum atomic E-state index is 12.8. The van der Waals surface area contributed by atoms with Crippen LogP contribution in [-0.2, 0) is 4.79 Å². The summed E-state index contributed by atoms with van der Waals surface area (Å²) < 4.78 is 0. The zero-order valence-corrected chi connectivity index (χ0v) is 11.8. The van der Waals surface area contributed by atoms with Gasteiger partial charge in [-0.2, -0.15) is 0 Å². The average molecular weight is 272 g/mol. The lowest BCUT2D eigenvalue weighted by atomic mass is 9.93. The van der Waals surface area contributed by atoms with E-state index in [0.29, 0.717) is 5.56 Å². The number of fused-ring (bicyclic) bond motifs is 1. The summed E-state index contributed by atoms with van der Waals surface area (Å²) in [7, 11) is 1.75. The van der Waals surface area contributed by atoms with Crippen molar-refractivity contribution >= 4 is 17.5 Å². The number of likely N-dealkylation sites (N-methyl/N-ethyl adjacent to an activating group) is 1. The summed E-state index contributed by atoms with van der Waals surface area (Å²) >= 11 is 0. The van der Waals surface area contributed by atoms with Crippen LogP contribution in [0.5, 0.6) is 0 Å². The molecule has 1 saturated carbocycles. The van der Waals surface area contributed by atoms with Gasteiger partial charge in [0.1, 0.15) is 6.54 Å². The highest BCUT2D eigenvalue weighted by atomic mass is 16.2. The van der Waals surface area contributed by atoms with Crippen LogP contribution in [0, 0.1) is 0 Å². The average Bonchev–Trinajstić information content (AvgIpc) is 2.60. The van der Waals surface area contributed by atoms with Crippen LogP contribution in [0.2, 0.25) is 0 Å². The van der Waals surface area contributed by atoms with Gasteiger partial charge < -0.3 is 9.80 Å². The Morgan fingerprint density at radius 3 is 2.50 bits per heavy atom. The molecule has 1 aliphatic carbocycles. The van der Waals surface area contributed by atoms with E-state index >= 15 is 0 Å². The summed E-state index contributed by atoms with van der Waals surface area (Å²) in [4.78, 5) is 28.5. The molecule has 0 radical (unpaired) electrons. The first-order valence-corrected chi connectivity index (χ1v) is 7.35. The van der Waals surface area contributed by atoms with E-state index in [2.05, 4.69) is 0 Å². The molecule has 0 N–H and O–H groups in total. The summed E-state index contributed by atoms with van der Waals surface area (Å²) in [5, 5.41) is 0. The minimum atomic E-state index is -0.00567. The zero-order chi connectivity index (χ0) is 14.1.